The topological polar surface area (TPSA) is 55.8 Å². The molecule has 1 fully saturated rings. The summed E-state index contributed by atoms with van der Waals surface area (Å²) in [5.74, 6) is 0.593. The molecule has 0 spiro atoms. The number of ether oxygens (including phenoxy) is 2. The third kappa shape index (κ3) is 5.53. The van der Waals surface area contributed by atoms with Gasteiger partial charge in [-0.05, 0) is 65.4 Å². The smallest absolute Gasteiger partial charge is 0.293 e. The summed E-state index contributed by atoms with van der Waals surface area (Å²) in [4.78, 5) is 26.9. The van der Waals surface area contributed by atoms with Gasteiger partial charge in [-0.3, -0.25) is 14.5 Å². The molecule has 174 valence electrons. The summed E-state index contributed by atoms with van der Waals surface area (Å²) in [7, 11) is 1.53. The number of benzene rings is 3. The molecule has 34 heavy (non-hydrogen) atoms. The molecule has 0 aromatic heterocycles. The quantitative estimate of drug-likeness (QED) is 0.294. The van der Waals surface area contributed by atoms with E-state index < -0.39 is 0 Å². The largest absolute Gasteiger partial charge is 0.493 e. The zero-order valence-corrected chi connectivity index (χ0v) is 21.0. The summed E-state index contributed by atoms with van der Waals surface area (Å²) in [6.07, 6.45) is 1.65. The number of rotatable bonds is 7. The summed E-state index contributed by atoms with van der Waals surface area (Å²) in [6, 6.07) is 17.5. The molecule has 0 unspecified atom stereocenters. The Labute approximate surface area is 216 Å². The minimum atomic E-state index is -0.365. The predicted octanol–water partition coefficient (Wildman–Crippen LogP) is 7.47. The monoisotopic (exact) mass is 533 g/mol. The Morgan fingerprint density at radius 2 is 1.68 bits per heavy atom. The van der Waals surface area contributed by atoms with Crippen LogP contribution in [0, 0.1) is 0 Å². The minimum absolute atomic E-state index is 0.133. The SMILES string of the molecule is COc1ccc(/C=C2\SC(=O)N(Cc3cccc(Cl)c3)C2=O)cc1OCc1c(Cl)cccc1Cl. The highest BCUT2D eigenvalue weighted by molar-refractivity contribution is 8.18. The Morgan fingerprint density at radius 3 is 2.38 bits per heavy atom. The molecule has 2 amide bonds. The fraction of sp³-hybridized carbons (Fsp3) is 0.120. The number of carbonyl (C=O) groups excluding carboxylic acids is 2. The molecule has 4 rings (SSSR count). The van der Waals surface area contributed by atoms with Crippen molar-refractivity contribution in [3.63, 3.8) is 0 Å². The zero-order chi connectivity index (χ0) is 24.2. The van der Waals surface area contributed by atoms with Gasteiger partial charge in [-0.25, -0.2) is 0 Å². The number of methoxy groups -OCH3 is 1. The number of imide groups is 1. The predicted molar refractivity (Wildman–Crippen MR) is 137 cm³/mol. The summed E-state index contributed by atoms with van der Waals surface area (Å²) < 4.78 is 11.3. The van der Waals surface area contributed by atoms with Crippen LogP contribution in [0.4, 0.5) is 4.79 Å². The van der Waals surface area contributed by atoms with E-state index >= 15 is 0 Å². The number of nitrogens with zero attached hydrogens (tertiary/aromatic N) is 1. The van der Waals surface area contributed by atoms with Crippen molar-refractivity contribution in [2.75, 3.05) is 7.11 Å². The second kappa shape index (κ2) is 10.7. The second-order valence-corrected chi connectivity index (χ2v) is 9.54. The number of halogens is 3. The van der Waals surface area contributed by atoms with Crippen LogP contribution >= 0.6 is 46.6 Å². The van der Waals surface area contributed by atoms with Crippen LogP contribution in [0.25, 0.3) is 6.08 Å². The molecule has 0 radical (unpaired) electrons. The summed E-state index contributed by atoms with van der Waals surface area (Å²) >= 11 is 19.4. The minimum Gasteiger partial charge on any atom is -0.493 e. The van der Waals surface area contributed by atoms with E-state index in [0.717, 1.165) is 17.3 Å². The van der Waals surface area contributed by atoms with Crippen molar-refractivity contribution >= 4 is 63.8 Å². The summed E-state index contributed by atoms with van der Waals surface area (Å²) in [6.45, 7) is 0.284. The van der Waals surface area contributed by atoms with Crippen molar-refractivity contribution in [2.24, 2.45) is 0 Å². The molecule has 0 bridgehead atoms. The molecule has 3 aromatic rings. The van der Waals surface area contributed by atoms with Crippen LogP contribution in [0.5, 0.6) is 11.5 Å². The zero-order valence-electron chi connectivity index (χ0n) is 17.9. The molecule has 5 nitrogen and oxygen atoms in total. The van der Waals surface area contributed by atoms with Gasteiger partial charge in [-0.2, -0.15) is 0 Å². The number of hydrogen-bond acceptors (Lipinski definition) is 5. The first-order chi connectivity index (χ1) is 16.4. The van der Waals surface area contributed by atoms with E-state index in [0.29, 0.717) is 42.6 Å². The maximum Gasteiger partial charge on any atom is 0.293 e. The molecular weight excluding hydrogens is 517 g/mol. The molecule has 1 saturated heterocycles. The van der Waals surface area contributed by atoms with Gasteiger partial charge in [0.15, 0.2) is 11.5 Å². The van der Waals surface area contributed by atoms with Crippen molar-refractivity contribution in [1.29, 1.82) is 0 Å². The molecule has 1 aliphatic heterocycles. The van der Waals surface area contributed by atoms with E-state index in [1.165, 1.54) is 12.0 Å². The molecule has 1 aliphatic rings. The third-order valence-electron chi connectivity index (χ3n) is 5.02. The lowest BCUT2D eigenvalue weighted by molar-refractivity contribution is -0.123. The summed E-state index contributed by atoms with van der Waals surface area (Å²) in [5, 5.41) is 1.20. The van der Waals surface area contributed by atoms with Crippen LogP contribution in [0.1, 0.15) is 16.7 Å². The molecule has 0 saturated carbocycles. The molecule has 0 aliphatic carbocycles. The maximum absolute atomic E-state index is 12.9. The maximum atomic E-state index is 12.9. The number of amides is 2. The molecule has 1 heterocycles. The van der Waals surface area contributed by atoms with E-state index in [1.807, 2.05) is 6.07 Å². The van der Waals surface area contributed by atoms with E-state index in [4.69, 9.17) is 44.3 Å². The van der Waals surface area contributed by atoms with Gasteiger partial charge in [-0.15, -0.1) is 0 Å². The van der Waals surface area contributed by atoms with Gasteiger partial charge in [0.05, 0.1) is 18.6 Å². The Bertz CT molecular complexity index is 1270. The fourth-order valence-corrected chi connectivity index (χ4v) is 4.88. The molecule has 3 aromatic carbocycles. The lowest BCUT2D eigenvalue weighted by Crippen LogP contribution is -2.27. The van der Waals surface area contributed by atoms with Gasteiger partial charge < -0.3 is 9.47 Å². The first kappa shape index (κ1) is 24.5. The summed E-state index contributed by atoms with van der Waals surface area (Å²) in [5.41, 5.74) is 2.10. The Morgan fingerprint density at radius 1 is 0.941 bits per heavy atom. The Kier molecular flexibility index (Phi) is 7.73. The Balaban J connectivity index is 1.54. The van der Waals surface area contributed by atoms with Crippen LogP contribution in [-0.4, -0.2) is 23.2 Å². The van der Waals surface area contributed by atoms with Crippen molar-refractivity contribution in [2.45, 2.75) is 13.2 Å². The average Bonchev–Trinajstić information content (AvgIpc) is 3.06. The first-order valence-electron chi connectivity index (χ1n) is 10.1. The van der Waals surface area contributed by atoms with Gasteiger partial charge in [0.2, 0.25) is 0 Å². The number of hydrogen-bond donors (Lipinski definition) is 0. The van der Waals surface area contributed by atoms with Crippen molar-refractivity contribution < 1.29 is 19.1 Å². The van der Waals surface area contributed by atoms with Crippen LogP contribution in [-0.2, 0) is 17.9 Å². The van der Waals surface area contributed by atoms with Gasteiger partial charge in [0.1, 0.15) is 6.61 Å². The molecular formula is C25H18Cl3NO4S. The highest BCUT2D eigenvalue weighted by Gasteiger charge is 2.35. The normalized spacial score (nSPS) is 14.7. The lowest BCUT2D eigenvalue weighted by atomic mass is 10.1. The van der Waals surface area contributed by atoms with Crippen LogP contribution in [0.3, 0.4) is 0 Å². The number of carbonyl (C=O) groups is 2. The molecule has 0 atom stereocenters. The van der Waals surface area contributed by atoms with Crippen LogP contribution in [0.2, 0.25) is 15.1 Å². The van der Waals surface area contributed by atoms with E-state index in [2.05, 4.69) is 0 Å². The van der Waals surface area contributed by atoms with Crippen molar-refractivity contribution in [1.82, 2.24) is 4.90 Å². The van der Waals surface area contributed by atoms with E-state index in [9.17, 15) is 9.59 Å². The molecule has 9 heteroatoms. The van der Waals surface area contributed by atoms with Crippen LogP contribution in [0.15, 0.2) is 65.6 Å². The lowest BCUT2D eigenvalue weighted by Gasteiger charge is -2.13. The van der Waals surface area contributed by atoms with E-state index in [-0.39, 0.29) is 24.3 Å². The highest BCUT2D eigenvalue weighted by Crippen LogP contribution is 2.36. The average molecular weight is 535 g/mol. The van der Waals surface area contributed by atoms with Gasteiger partial charge >= 0.3 is 0 Å². The Hall–Kier alpha value is -2.64. The van der Waals surface area contributed by atoms with Gasteiger partial charge in [0, 0.05) is 20.6 Å². The first-order valence-corrected chi connectivity index (χ1v) is 12.0. The van der Waals surface area contributed by atoms with Crippen molar-refractivity contribution in [3.8, 4) is 11.5 Å². The highest BCUT2D eigenvalue weighted by atomic mass is 35.5. The standard InChI is InChI=1S/C25H18Cl3NO4S/c1-32-21-9-8-15(11-22(21)33-14-18-19(27)6-3-7-20(18)28)12-23-24(30)29(25(31)34-23)13-16-4-2-5-17(26)10-16/h2-12H,13-14H2,1H3/b23-12-. The van der Waals surface area contributed by atoms with Gasteiger partial charge in [-0.1, -0.05) is 59.1 Å². The van der Waals surface area contributed by atoms with Crippen molar-refractivity contribution in [3.05, 3.63) is 97.3 Å². The van der Waals surface area contributed by atoms with Crippen LogP contribution < -0.4 is 9.47 Å². The molecule has 0 N–H and O–H groups in total. The number of thioether (sulfide) groups is 1. The third-order valence-corrected chi connectivity index (χ3v) is 6.87. The second-order valence-electron chi connectivity index (χ2n) is 7.30. The fourth-order valence-electron chi connectivity index (χ4n) is 3.32. The van der Waals surface area contributed by atoms with E-state index in [1.54, 1.807) is 60.7 Å². The van der Waals surface area contributed by atoms with Gasteiger partial charge in [0.25, 0.3) is 11.1 Å².